The summed E-state index contributed by atoms with van der Waals surface area (Å²) in [6.45, 7) is 0.649. The first-order valence-corrected chi connectivity index (χ1v) is 6.87. The van der Waals surface area contributed by atoms with Crippen LogP contribution in [-0.2, 0) is 10.0 Å². The molecule has 19 heavy (non-hydrogen) atoms. The molecule has 0 amide bonds. The Morgan fingerprint density at radius 3 is 2.58 bits per heavy atom. The number of hydrogen-bond acceptors (Lipinski definition) is 6. The van der Waals surface area contributed by atoms with Crippen molar-refractivity contribution in [3.05, 3.63) is 28.3 Å². The standard InChI is InChI=1S/C10H15N3O5S/c1-11-5-6-12-19(16,17)8-3-4-10(18-2)9(7-8)13(14)15/h3-4,7,11-12H,5-6H2,1-2H3. The van der Waals surface area contributed by atoms with Crippen LogP contribution in [0.3, 0.4) is 0 Å². The third-order valence-corrected chi connectivity index (χ3v) is 3.78. The molecule has 0 saturated heterocycles. The Labute approximate surface area is 111 Å². The zero-order valence-corrected chi connectivity index (χ0v) is 11.4. The number of methoxy groups -OCH3 is 1. The third-order valence-electron chi connectivity index (χ3n) is 2.32. The number of nitrogens with zero attached hydrogens (tertiary/aromatic N) is 1. The Kier molecular flexibility index (Phi) is 5.21. The lowest BCUT2D eigenvalue weighted by Gasteiger charge is -2.07. The second-order valence-corrected chi connectivity index (χ2v) is 5.36. The third kappa shape index (κ3) is 3.88. The summed E-state index contributed by atoms with van der Waals surface area (Å²) in [5.41, 5.74) is -0.390. The maximum Gasteiger partial charge on any atom is 0.312 e. The van der Waals surface area contributed by atoms with Gasteiger partial charge in [0.2, 0.25) is 10.0 Å². The topological polar surface area (TPSA) is 111 Å². The molecule has 1 rings (SSSR count). The predicted molar refractivity (Wildman–Crippen MR) is 68.8 cm³/mol. The highest BCUT2D eigenvalue weighted by atomic mass is 32.2. The number of ether oxygens (including phenoxy) is 1. The van der Waals surface area contributed by atoms with Gasteiger partial charge < -0.3 is 10.1 Å². The number of nitrogens with one attached hydrogen (secondary N) is 2. The first kappa shape index (κ1) is 15.3. The lowest BCUT2D eigenvalue weighted by atomic mass is 10.3. The summed E-state index contributed by atoms with van der Waals surface area (Å²) in [7, 11) is -0.797. The molecular weight excluding hydrogens is 274 g/mol. The number of benzene rings is 1. The minimum atomic E-state index is -3.76. The van der Waals surface area contributed by atoms with E-state index in [4.69, 9.17) is 4.74 Å². The molecule has 0 radical (unpaired) electrons. The smallest absolute Gasteiger partial charge is 0.312 e. The van der Waals surface area contributed by atoms with Gasteiger partial charge >= 0.3 is 5.69 Å². The molecule has 1 aromatic rings. The van der Waals surface area contributed by atoms with E-state index in [1.807, 2.05) is 0 Å². The van der Waals surface area contributed by atoms with Crippen LogP contribution >= 0.6 is 0 Å². The summed E-state index contributed by atoms with van der Waals surface area (Å²) >= 11 is 0. The van der Waals surface area contributed by atoms with Gasteiger partial charge in [-0.25, -0.2) is 13.1 Å². The number of likely N-dealkylation sites (N-methyl/N-ethyl adjacent to an activating group) is 1. The van der Waals surface area contributed by atoms with Crippen LogP contribution < -0.4 is 14.8 Å². The molecule has 9 heteroatoms. The average Bonchev–Trinajstić information content (AvgIpc) is 2.38. The van der Waals surface area contributed by atoms with Gasteiger partial charge in [0.1, 0.15) is 0 Å². The van der Waals surface area contributed by atoms with E-state index in [-0.39, 0.29) is 22.9 Å². The molecule has 106 valence electrons. The molecule has 0 spiro atoms. The molecule has 0 unspecified atom stereocenters. The van der Waals surface area contributed by atoms with Gasteiger partial charge in [0, 0.05) is 19.2 Å². The molecule has 0 atom stereocenters. The molecule has 2 N–H and O–H groups in total. The maximum atomic E-state index is 11.9. The van der Waals surface area contributed by atoms with Crippen LogP contribution in [0.4, 0.5) is 5.69 Å². The van der Waals surface area contributed by atoms with Crippen LogP contribution in [-0.4, -0.2) is 40.6 Å². The predicted octanol–water partition coefficient (Wildman–Crippen LogP) is 0.101. The van der Waals surface area contributed by atoms with Gasteiger partial charge in [-0.1, -0.05) is 0 Å². The van der Waals surface area contributed by atoms with Gasteiger partial charge in [-0.3, -0.25) is 10.1 Å². The van der Waals surface area contributed by atoms with Crippen LogP contribution in [0.5, 0.6) is 5.75 Å². The van der Waals surface area contributed by atoms with Gasteiger partial charge in [0.25, 0.3) is 0 Å². The summed E-state index contributed by atoms with van der Waals surface area (Å²) in [6, 6.07) is 3.48. The highest BCUT2D eigenvalue weighted by Gasteiger charge is 2.21. The second kappa shape index (κ2) is 6.45. The molecule has 0 aliphatic rings. The minimum Gasteiger partial charge on any atom is -0.490 e. The normalized spacial score (nSPS) is 11.3. The van der Waals surface area contributed by atoms with E-state index >= 15 is 0 Å². The Morgan fingerprint density at radius 1 is 1.37 bits per heavy atom. The number of hydrogen-bond donors (Lipinski definition) is 2. The van der Waals surface area contributed by atoms with Crippen molar-refractivity contribution in [3.8, 4) is 5.75 Å². The molecule has 0 heterocycles. The first-order chi connectivity index (χ1) is 8.92. The van der Waals surface area contributed by atoms with Crippen molar-refractivity contribution in [2.45, 2.75) is 4.90 Å². The minimum absolute atomic E-state index is 0.0131. The molecular formula is C10H15N3O5S. The van der Waals surface area contributed by atoms with E-state index in [1.54, 1.807) is 7.05 Å². The Bertz CT molecular complexity index is 558. The first-order valence-electron chi connectivity index (χ1n) is 5.39. The monoisotopic (exact) mass is 289 g/mol. The van der Waals surface area contributed by atoms with Crippen LogP contribution in [0.1, 0.15) is 0 Å². The van der Waals surface area contributed by atoms with E-state index in [9.17, 15) is 18.5 Å². The van der Waals surface area contributed by atoms with Gasteiger partial charge in [-0.2, -0.15) is 0 Å². The lowest BCUT2D eigenvalue weighted by molar-refractivity contribution is -0.386. The van der Waals surface area contributed by atoms with Gasteiger partial charge in [-0.05, 0) is 19.2 Å². The fourth-order valence-electron chi connectivity index (χ4n) is 1.37. The molecule has 0 aliphatic carbocycles. The van der Waals surface area contributed by atoms with Crippen molar-refractivity contribution in [2.24, 2.45) is 0 Å². The highest BCUT2D eigenvalue weighted by molar-refractivity contribution is 7.89. The van der Waals surface area contributed by atoms with E-state index in [0.29, 0.717) is 6.54 Å². The largest absolute Gasteiger partial charge is 0.490 e. The molecule has 1 aromatic carbocycles. The zero-order valence-electron chi connectivity index (χ0n) is 10.5. The molecule has 0 aromatic heterocycles. The number of nitro benzene ring substituents is 1. The summed E-state index contributed by atoms with van der Waals surface area (Å²) in [5.74, 6) is 0.0131. The zero-order chi connectivity index (χ0) is 14.5. The van der Waals surface area contributed by atoms with E-state index in [2.05, 4.69) is 10.0 Å². The van der Waals surface area contributed by atoms with E-state index < -0.39 is 14.9 Å². The number of rotatable bonds is 7. The van der Waals surface area contributed by atoms with Crippen LogP contribution in [0.2, 0.25) is 0 Å². The fraction of sp³-hybridized carbons (Fsp3) is 0.400. The maximum absolute atomic E-state index is 11.9. The highest BCUT2D eigenvalue weighted by Crippen LogP contribution is 2.29. The SMILES string of the molecule is CNCCNS(=O)(=O)c1ccc(OC)c([N+](=O)[O-])c1. The molecule has 0 fully saturated rings. The van der Waals surface area contributed by atoms with Crippen LogP contribution in [0.15, 0.2) is 23.1 Å². The Balaban J connectivity index is 3.07. The average molecular weight is 289 g/mol. The van der Waals surface area contributed by atoms with Crippen LogP contribution in [0.25, 0.3) is 0 Å². The van der Waals surface area contributed by atoms with Crippen LogP contribution in [0, 0.1) is 10.1 Å². The molecule has 0 aliphatic heterocycles. The summed E-state index contributed by atoms with van der Waals surface area (Å²) < 4.78 is 30.9. The van der Waals surface area contributed by atoms with Crippen molar-refractivity contribution in [2.75, 3.05) is 27.2 Å². The van der Waals surface area contributed by atoms with Gasteiger partial charge in [-0.15, -0.1) is 0 Å². The van der Waals surface area contributed by atoms with Crippen molar-refractivity contribution < 1.29 is 18.1 Å². The fourth-order valence-corrected chi connectivity index (χ4v) is 2.42. The molecule has 0 bridgehead atoms. The lowest BCUT2D eigenvalue weighted by Crippen LogP contribution is -2.30. The van der Waals surface area contributed by atoms with Crippen molar-refractivity contribution in [1.82, 2.24) is 10.0 Å². The summed E-state index contributed by atoms with van der Waals surface area (Å²) in [5, 5.41) is 13.6. The Morgan fingerprint density at radius 2 is 2.05 bits per heavy atom. The second-order valence-electron chi connectivity index (χ2n) is 3.59. The van der Waals surface area contributed by atoms with E-state index in [0.717, 1.165) is 6.07 Å². The molecule has 8 nitrogen and oxygen atoms in total. The van der Waals surface area contributed by atoms with Crippen molar-refractivity contribution >= 4 is 15.7 Å². The van der Waals surface area contributed by atoms with Crippen molar-refractivity contribution in [3.63, 3.8) is 0 Å². The Hall–Kier alpha value is -1.71. The van der Waals surface area contributed by atoms with Gasteiger partial charge in [0.05, 0.1) is 16.9 Å². The summed E-state index contributed by atoms with van der Waals surface area (Å²) in [6.07, 6.45) is 0. The number of nitro groups is 1. The van der Waals surface area contributed by atoms with E-state index in [1.165, 1.54) is 19.2 Å². The molecule has 0 saturated carbocycles. The number of sulfonamides is 1. The van der Waals surface area contributed by atoms with Crippen molar-refractivity contribution in [1.29, 1.82) is 0 Å². The quantitative estimate of drug-likeness (QED) is 0.418. The van der Waals surface area contributed by atoms with Gasteiger partial charge in [0.15, 0.2) is 5.75 Å². The summed E-state index contributed by atoms with van der Waals surface area (Å²) in [4.78, 5) is 9.96.